The van der Waals surface area contributed by atoms with Gasteiger partial charge in [-0.1, -0.05) is 0 Å². The van der Waals surface area contributed by atoms with E-state index in [4.69, 9.17) is 4.74 Å². The average Bonchev–Trinajstić information content (AvgIpc) is 2.31. The summed E-state index contributed by atoms with van der Waals surface area (Å²) in [6, 6.07) is 17.7. The normalized spacial score (nSPS) is 9.60. The van der Waals surface area contributed by atoms with Crippen LogP contribution in [0.5, 0.6) is 11.5 Å². The Morgan fingerprint density at radius 1 is 0.867 bits per heavy atom. The molecule has 2 heteroatoms. The molecule has 2 aromatic rings. The molecule has 0 amide bonds. The third-order valence-corrected chi connectivity index (χ3v) is 2.54. The zero-order valence-corrected chi connectivity index (χ0v) is 9.77. The van der Waals surface area contributed by atoms with Crippen LogP contribution in [-0.4, -0.2) is 4.61 Å². The van der Waals surface area contributed by atoms with Gasteiger partial charge in [0.05, 0.1) is 0 Å². The van der Waals surface area contributed by atoms with Gasteiger partial charge in [0.25, 0.3) is 0 Å². The van der Waals surface area contributed by atoms with Crippen molar-refractivity contribution in [1.29, 1.82) is 0 Å². The van der Waals surface area contributed by atoms with Gasteiger partial charge in [0.1, 0.15) is 0 Å². The Kier molecular flexibility index (Phi) is 3.42. The Bertz CT molecular complexity index is 451. The SMILES string of the molecule is [Ru+]=[CH]c1ccccc1Oc1ccccc1. The molecule has 0 aliphatic rings. The van der Waals surface area contributed by atoms with Crippen LogP contribution in [0, 0.1) is 0 Å². The van der Waals surface area contributed by atoms with Gasteiger partial charge in [0, 0.05) is 0 Å². The third-order valence-electron chi connectivity index (χ3n) is 2.00. The molecule has 0 saturated carbocycles. The first-order valence-electron chi connectivity index (χ1n) is 4.64. The van der Waals surface area contributed by atoms with E-state index in [9.17, 15) is 0 Å². The number of rotatable bonds is 3. The third kappa shape index (κ3) is 2.60. The van der Waals surface area contributed by atoms with Crippen molar-refractivity contribution in [3.8, 4) is 11.5 Å². The molecule has 0 unspecified atom stereocenters. The summed E-state index contributed by atoms with van der Waals surface area (Å²) in [5.74, 6) is 1.74. The summed E-state index contributed by atoms with van der Waals surface area (Å²) in [4.78, 5) is 0. The first kappa shape index (κ1) is 10.3. The van der Waals surface area contributed by atoms with Crippen molar-refractivity contribution in [2.75, 3.05) is 0 Å². The minimum atomic E-state index is 0.860. The van der Waals surface area contributed by atoms with Gasteiger partial charge in [0.2, 0.25) is 0 Å². The Morgan fingerprint density at radius 2 is 1.53 bits per heavy atom. The van der Waals surface area contributed by atoms with E-state index in [-0.39, 0.29) is 0 Å². The van der Waals surface area contributed by atoms with Crippen LogP contribution in [0.3, 0.4) is 0 Å². The summed E-state index contributed by atoms with van der Waals surface area (Å²) < 4.78 is 7.73. The second kappa shape index (κ2) is 5.00. The summed E-state index contributed by atoms with van der Waals surface area (Å²) >= 11 is 2.50. The Labute approximate surface area is 98.9 Å². The molecule has 0 N–H and O–H groups in total. The molecule has 0 radical (unpaired) electrons. The van der Waals surface area contributed by atoms with E-state index in [1.807, 2.05) is 59.2 Å². The van der Waals surface area contributed by atoms with E-state index >= 15 is 0 Å². The molecule has 75 valence electrons. The zero-order chi connectivity index (χ0) is 10.5. The Balaban J connectivity index is 2.28. The van der Waals surface area contributed by atoms with Crippen molar-refractivity contribution in [2.45, 2.75) is 0 Å². The van der Waals surface area contributed by atoms with Gasteiger partial charge < -0.3 is 0 Å². The molecule has 0 aromatic heterocycles. The van der Waals surface area contributed by atoms with E-state index in [0.29, 0.717) is 0 Å². The van der Waals surface area contributed by atoms with E-state index in [0.717, 1.165) is 17.1 Å². The molecule has 0 atom stereocenters. The van der Waals surface area contributed by atoms with E-state index in [2.05, 4.69) is 17.9 Å². The van der Waals surface area contributed by atoms with Crippen LogP contribution in [0.15, 0.2) is 54.6 Å². The summed E-state index contributed by atoms with van der Waals surface area (Å²) in [7, 11) is 0. The van der Waals surface area contributed by atoms with Gasteiger partial charge >= 0.3 is 98.9 Å². The molecule has 2 aromatic carbocycles. The molecule has 1 nitrogen and oxygen atoms in total. The standard InChI is InChI=1S/C13H10O.Ru/c1-11-7-5-6-10-13(11)14-12-8-3-2-4-9-12;/h1-10H;/q;+1. The van der Waals surface area contributed by atoms with Gasteiger partial charge in [-0.15, -0.1) is 0 Å². The first-order valence-corrected chi connectivity index (χ1v) is 5.64. The van der Waals surface area contributed by atoms with Gasteiger partial charge in [-0.25, -0.2) is 0 Å². The van der Waals surface area contributed by atoms with Crippen molar-refractivity contribution >= 4 is 4.61 Å². The fraction of sp³-hybridized carbons (Fsp3) is 0. The van der Waals surface area contributed by atoms with Crippen LogP contribution in [0.2, 0.25) is 0 Å². The van der Waals surface area contributed by atoms with E-state index in [1.54, 1.807) is 0 Å². The van der Waals surface area contributed by atoms with E-state index in [1.165, 1.54) is 0 Å². The molecule has 0 spiro atoms. The average molecular weight is 283 g/mol. The maximum atomic E-state index is 5.76. The van der Waals surface area contributed by atoms with Crippen LogP contribution < -0.4 is 4.74 Å². The molecular weight excluding hydrogens is 273 g/mol. The van der Waals surface area contributed by atoms with Crippen molar-refractivity contribution in [3.05, 3.63) is 60.2 Å². The number of ether oxygens (including phenoxy) is 1. The quantitative estimate of drug-likeness (QED) is 0.786. The van der Waals surface area contributed by atoms with Crippen LogP contribution in [0.25, 0.3) is 0 Å². The van der Waals surface area contributed by atoms with Crippen LogP contribution in [-0.2, 0) is 17.9 Å². The van der Waals surface area contributed by atoms with E-state index < -0.39 is 0 Å². The fourth-order valence-corrected chi connectivity index (χ4v) is 1.69. The second-order valence-electron chi connectivity index (χ2n) is 3.06. The Morgan fingerprint density at radius 3 is 2.27 bits per heavy atom. The summed E-state index contributed by atoms with van der Waals surface area (Å²) in [6.45, 7) is 0. The Hall–Kier alpha value is -1.27. The molecule has 0 saturated heterocycles. The number of para-hydroxylation sites is 2. The fourth-order valence-electron chi connectivity index (χ4n) is 1.27. The maximum absolute atomic E-state index is 5.76. The molecule has 0 aliphatic carbocycles. The van der Waals surface area contributed by atoms with Crippen LogP contribution in [0.4, 0.5) is 0 Å². The molecule has 15 heavy (non-hydrogen) atoms. The van der Waals surface area contributed by atoms with Gasteiger partial charge in [0.15, 0.2) is 0 Å². The molecular formula is C13H10ORu+. The predicted octanol–water partition coefficient (Wildman–Crippen LogP) is 3.18. The minimum absolute atomic E-state index is 0.860. The van der Waals surface area contributed by atoms with Gasteiger partial charge in [-0.05, 0) is 0 Å². The second-order valence-corrected chi connectivity index (χ2v) is 3.56. The van der Waals surface area contributed by atoms with Crippen molar-refractivity contribution < 1.29 is 22.6 Å². The number of hydrogen-bond acceptors (Lipinski definition) is 1. The number of benzene rings is 2. The summed E-state index contributed by atoms with van der Waals surface area (Å²) in [5, 5.41) is 0. The monoisotopic (exact) mass is 284 g/mol. The predicted molar refractivity (Wildman–Crippen MR) is 58.1 cm³/mol. The van der Waals surface area contributed by atoms with Crippen molar-refractivity contribution in [3.63, 3.8) is 0 Å². The van der Waals surface area contributed by atoms with Gasteiger partial charge in [-0.3, -0.25) is 0 Å². The summed E-state index contributed by atoms with van der Waals surface area (Å²) in [6.07, 6.45) is 0. The first-order chi connectivity index (χ1) is 7.40. The summed E-state index contributed by atoms with van der Waals surface area (Å²) in [5.41, 5.74) is 1.08. The van der Waals surface area contributed by atoms with Crippen LogP contribution in [0.1, 0.15) is 5.56 Å². The van der Waals surface area contributed by atoms with Crippen molar-refractivity contribution in [1.82, 2.24) is 0 Å². The molecule has 0 fully saturated rings. The zero-order valence-electron chi connectivity index (χ0n) is 8.04. The topological polar surface area (TPSA) is 9.23 Å². The van der Waals surface area contributed by atoms with Crippen LogP contribution >= 0.6 is 0 Å². The molecule has 0 bridgehead atoms. The van der Waals surface area contributed by atoms with Crippen molar-refractivity contribution in [2.24, 2.45) is 0 Å². The molecule has 0 heterocycles. The van der Waals surface area contributed by atoms with Gasteiger partial charge in [-0.2, -0.15) is 0 Å². The molecule has 0 aliphatic heterocycles. The number of hydrogen-bond donors (Lipinski definition) is 0. The molecule has 2 rings (SSSR count).